The standard InChI is InChI=1S/C15H21NO3/c1-10(2)14(15(18)19)16-13(17)9-11(3)12-7-5-4-6-8-12/h4-8,10-11,14H,9H2,1-3H3,(H,16,17)(H,18,19)/t11?,14-/m0/s1. The summed E-state index contributed by atoms with van der Waals surface area (Å²) in [7, 11) is 0. The molecule has 2 atom stereocenters. The van der Waals surface area contributed by atoms with Crippen LogP contribution < -0.4 is 5.32 Å². The third kappa shape index (κ3) is 4.73. The largest absolute Gasteiger partial charge is 0.480 e. The van der Waals surface area contributed by atoms with Crippen molar-refractivity contribution in [3.05, 3.63) is 35.9 Å². The van der Waals surface area contributed by atoms with Crippen LogP contribution in [0.5, 0.6) is 0 Å². The molecule has 19 heavy (non-hydrogen) atoms. The maximum atomic E-state index is 11.9. The second-order valence-corrected chi connectivity index (χ2v) is 5.14. The van der Waals surface area contributed by atoms with Crippen molar-refractivity contribution in [2.24, 2.45) is 5.92 Å². The Balaban J connectivity index is 2.58. The first-order valence-electron chi connectivity index (χ1n) is 6.49. The van der Waals surface area contributed by atoms with Crippen LogP contribution in [0.25, 0.3) is 0 Å². The summed E-state index contributed by atoms with van der Waals surface area (Å²) in [5.74, 6) is -1.27. The van der Waals surface area contributed by atoms with Gasteiger partial charge in [-0.15, -0.1) is 0 Å². The molecular formula is C15H21NO3. The van der Waals surface area contributed by atoms with Crippen molar-refractivity contribution in [3.63, 3.8) is 0 Å². The van der Waals surface area contributed by atoms with E-state index in [1.54, 1.807) is 13.8 Å². The summed E-state index contributed by atoms with van der Waals surface area (Å²) < 4.78 is 0. The highest BCUT2D eigenvalue weighted by Crippen LogP contribution is 2.18. The van der Waals surface area contributed by atoms with Crippen LogP contribution in [0.15, 0.2) is 30.3 Å². The molecule has 1 unspecified atom stereocenters. The minimum Gasteiger partial charge on any atom is -0.480 e. The Morgan fingerprint density at radius 2 is 1.74 bits per heavy atom. The van der Waals surface area contributed by atoms with Crippen LogP contribution in [0, 0.1) is 5.92 Å². The number of amides is 1. The van der Waals surface area contributed by atoms with Crippen molar-refractivity contribution in [1.82, 2.24) is 5.32 Å². The van der Waals surface area contributed by atoms with E-state index < -0.39 is 12.0 Å². The summed E-state index contributed by atoms with van der Waals surface area (Å²) in [6.45, 7) is 5.51. The zero-order chi connectivity index (χ0) is 14.4. The summed E-state index contributed by atoms with van der Waals surface area (Å²) in [4.78, 5) is 22.9. The van der Waals surface area contributed by atoms with Gasteiger partial charge in [0.15, 0.2) is 0 Å². The molecule has 4 nitrogen and oxygen atoms in total. The number of aliphatic carboxylic acids is 1. The van der Waals surface area contributed by atoms with E-state index in [2.05, 4.69) is 5.32 Å². The molecule has 0 aliphatic heterocycles. The first kappa shape index (κ1) is 15.2. The van der Waals surface area contributed by atoms with Gasteiger partial charge in [0.2, 0.25) is 5.91 Å². The molecule has 0 bridgehead atoms. The first-order valence-corrected chi connectivity index (χ1v) is 6.49. The lowest BCUT2D eigenvalue weighted by atomic mass is 9.97. The van der Waals surface area contributed by atoms with Crippen molar-refractivity contribution in [2.75, 3.05) is 0 Å². The van der Waals surface area contributed by atoms with Crippen LogP contribution in [0.2, 0.25) is 0 Å². The zero-order valence-electron chi connectivity index (χ0n) is 11.6. The molecule has 0 saturated carbocycles. The van der Waals surface area contributed by atoms with E-state index in [4.69, 9.17) is 5.11 Å². The van der Waals surface area contributed by atoms with Crippen LogP contribution in [0.1, 0.15) is 38.7 Å². The van der Waals surface area contributed by atoms with Crippen molar-refractivity contribution < 1.29 is 14.7 Å². The van der Waals surface area contributed by atoms with E-state index in [0.29, 0.717) is 6.42 Å². The van der Waals surface area contributed by atoms with Gasteiger partial charge >= 0.3 is 5.97 Å². The van der Waals surface area contributed by atoms with E-state index in [0.717, 1.165) is 5.56 Å². The molecule has 1 rings (SSSR count). The molecule has 0 radical (unpaired) electrons. The maximum absolute atomic E-state index is 11.9. The molecule has 0 fully saturated rings. The van der Waals surface area contributed by atoms with Gasteiger partial charge in [-0.2, -0.15) is 0 Å². The minimum absolute atomic E-state index is 0.0720. The van der Waals surface area contributed by atoms with Crippen molar-refractivity contribution in [2.45, 2.75) is 39.2 Å². The van der Waals surface area contributed by atoms with Crippen LogP contribution >= 0.6 is 0 Å². The van der Waals surface area contributed by atoms with Gasteiger partial charge in [0.25, 0.3) is 0 Å². The number of carboxylic acids is 1. The lowest BCUT2D eigenvalue weighted by Crippen LogP contribution is -2.44. The van der Waals surface area contributed by atoms with E-state index in [1.807, 2.05) is 37.3 Å². The van der Waals surface area contributed by atoms with E-state index in [-0.39, 0.29) is 17.7 Å². The highest BCUT2D eigenvalue weighted by molar-refractivity contribution is 5.84. The molecule has 0 saturated heterocycles. The molecule has 1 amide bonds. The third-order valence-corrected chi connectivity index (χ3v) is 3.11. The topological polar surface area (TPSA) is 66.4 Å². The SMILES string of the molecule is CC(CC(=O)N[C@H](C(=O)O)C(C)C)c1ccccc1. The summed E-state index contributed by atoms with van der Waals surface area (Å²) >= 11 is 0. The van der Waals surface area contributed by atoms with E-state index in [1.165, 1.54) is 0 Å². The van der Waals surface area contributed by atoms with Crippen LogP contribution in [-0.4, -0.2) is 23.0 Å². The first-order chi connectivity index (χ1) is 8.91. The van der Waals surface area contributed by atoms with Crippen LogP contribution in [0.3, 0.4) is 0 Å². The fourth-order valence-electron chi connectivity index (χ4n) is 1.92. The molecule has 0 aromatic heterocycles. The molecular weight excluding hydrogens is 242 g/mol. The lowest BCUT2D eigenvalue weighted by Gasteiger charge is -2.19. The van der Waals surface area contributed by atoms with Crippen molar-refractivity contribution in [1.29, 1.82) is 0 Å². The number of hydrogen-bond acceptors (Lipinski definition) is 2. The van der Waals surface area contributed by atoms with E-state index >= 15 is 0 Å². The Hall–Kier alpha value is -1.84. The van der Waals surface area contributed by atoms with Crippen LogP contribution in [0.4, 0.5) is 0 Å². The Morgan fingerprint density at radius 1 is 1.16 bits per heavy atom. The second-order valence-electron chi connectivity index (χ2n) is 5.14. The number of carbonyl (C=O) groups excluding carboxylic acids is 1. The summed E-state index contributed by atoms with van der Waals surface area (Å²) in [5.41, 5.74) is 1.08. The normalized spacial score (nSPS) is 13.9. The second kappa shape index (κ2) is 6.92. The predicted molar refractivity (Wildman–Crippen MR) is 73.9 cm³/mol. The maximum Gasteiger partial charge on any atom is 0.326 e. The van der Waals surface area contributed by atoms with Gasteiger partial charge in [-0.05, 0) is 17.4 Å². The average Bonchev–Trinajstić information content (AvgIpc) is 2.36. The number of nitrogens with one attached hydrogen (secondary N) is 1. The molecule has 0 spiro atoms. The van der Waals surface area contributed by atoms with Gasteiger partial charge in [0, 0.05) is 6.42 Å². The number of rotatable bonds is 6. The van der Waals surface area contributed by atoms with E-state index in [9.17, 15) is 9.59 Å². The average molecular weight is 263 g/mol. The quantitative estimate of drug-likeness (QED) is 0.828. The summed E-state index contributed by atoms with van der Waals surface area (Å²) in [5, 5.41) is 11.6. The van der Waals surface area contributed by atoms with Gasteiger partial charge in [-0.1, -0.05) is 51.1 Å². The predicted octanol–water partition coefficient (Wildman–Crippen LogP) is 2.41. The minimum atomic E-state index is -0.990. The lowest BCUT2D eigenvalue weighted by molar-refractivity contribution is -0.143. The molecule has 1 aromatic rings. The fraction of sp³-hybridized carbons (Fsp3) is 0.467. The number of benzene rings is 1. The highest BCUT2D eigenvalue weighted by Gasteiger charge is 2.24. The Labute approximate surface area is 113 Å². The Kier molecular flexibility index (Phi) is 5.55. The smallest absolute Gasteiger partial charge is 0.326 e. The van der Waals surface area contributed by atoms with Crippen molar-refractivity contribution in [3.8, 4) is 0 Å². The molecule has 1 aromatic carbocycles. The molecule has 104 valence electrons. The number of hydrogen-bond donors (Lipinski definition) is 2. The molecule has 4 heteroatoms. The Bertz CT molecular complexity index is 428. The molecule has 0 aliphatic carbocycles. The summed E-state index contributed by atoms with van der Waals surface area (Å²) in [6, 6.07) is 8.89. The Morgan fingerprint density at radius 3 is 2.21 bits per heavy atom. The van der Waals surface area contributed by atoms with Crippen LogP contribution in [-0.2, 0) is 9.59 Å². The zero-order valence-corrected chi connectivity index (χ0v) is 11.6. The molecule has 0 aliphatic rings. The summed E-state index contributed by atoms with van der Waals surface area (Å²) in [6.07, 6.45) is 0.292. The van der Waals surface area contributed by atoms with Gasteiger partial charge in [-0.3, -0.25) is 4.79 Å². The van der Waals surface area contributed by atoms with Gasteiger partial charge < -0.3 is 10.4 Å². The van der Waals surface area contributed by atoms with Gasteiger partial charge in [0.1, 0.15) is 6.04 Å². The van der Waals surface area contributed by atoms with Gasteiger partial charge in [-0.25, -0.2) is 4.79 Å². The fourth-order valence-corrected chi connectivity index (χ4v) is 1.92. The highest BCUT2D eigenvalue weighted by atomic mass is 16.4. The molecule has 0 heterocycles. The van der Waals surface area contributed by atoms with Gasteiger partial charge in [0.05, 0.1) is 0 Å². The monoisotopic (exact) mass is 263 g/mol. The van der Waals surface area contributed by atoms with Crippen molar-refractivity contribution >= 4 is 11.9 Å². The molecule has 2 N–H and O–H groups in total. The number of carboxylic acid groups (broad SMARTS) is 1. The number of carbonyl (C=O) groups is 2. The third-order valence-electron chi connectivity index (χ3n) is 3.11.